The average Bonchev–Trinajstić information content (AvgIpc) is 3.28. The summed E-state index contributed by atoms with van der Waals surface area (Å²) in [7, 11) is 0. The van der Waals surface area contributed by atoms with Crippen molar-refractivity contribution in [3.63, 3.8) is 0 Å². The molecule has 0 aromatic carbocycles. The number of cyclic esters (lactones) is 1. The van der Waals surface area contributed by atoms with Crippen LogP contribution in [0, 0.1) is 51.2 Å². The molecule has 4 saturated carbocycles. The van der Waals surface area contributed by atoms with Crippen molar-refractivity contribution in [2.24, 2.45) is 51.2 Å². The molecule has 0 aromatic heterocycles. The molecule has 0 N–H and O–H groups in total. The number of fused-ring (bicyclic) bond motifs is 4. The van der Waals surface area contributed by atoms with E-state index < -0.39 is 5.79 Å². The lowest BCUT2D eigenvalue weighted by molar-refractivity contribution is -0.276. The smallest absolute Gasteiger partial charge is 0.311 e. The molecule has 0 amide bonds. The Morgan fingerprint density at radius 1 is 0.800 bits per heavy atom. The Labute approximate surface area is 210 Å². The van der Waals surface area contributed by atoms with Crippen LogP contribution in [0.2, 0.25) is 0 Å². The summed E-state index contributed by atoms with van der Waals surface area (Å²) in [6.07, 6.45) is 10.6. The number of hydrogen-bond acceptors (Lipinski definition) is 5. The average molecular weight is 485 g/mol. The maximum atomic E-state index is 12.6. The van der Waals surface area contributed by atoms with Crippen molar-refractivity contribution < 1.29 is 23.8 Å². The number of carbonyl (C=O) groups excluding carboxylic acids is 2. The predicted octanol–water partition coefficient (Wildman–Crippen LogP) is 6.04. The first-order valence-corrected chi connectivity index (χ1v) is 14.4. The van der Waals surface area contributed by atoms with Crippen molar-refractivity contribution in [3.05, 3.63) is 0 Å². The maximum Gasteiger partial charge on any atom is 0.311 e. The third-order valence-corrected chi connectivity index (χ3v) is 13.4. The molecule has 3 aliphatic heterocycles. The highest BCUT2D eigenvalue weighted by Crippen LogP contribution is 2.88. The van der Waals surface area contributed by atoms with Crippen molar-refractivity contribution in [2.75, 3.05) is 0 Å². The quantitative estimate of drug-likeness (QED) is 0.393. The molecule has 7 rings (SSSR count). The summed E-state index contributed by atoms with van der Waals surface area (Å²) in [6.45, 7) is 13.9. The Balaban J connectivity index is 1.24. The fourth-order valence-electron chi connectivity index (χ4n) is 12.2. The third kappa shape index (κ3) is 2.55. The van der Waals surface area contributed by atoms with E-state index in [1.165, 1.54) is 32.1 Å². The molecule has 194 valence electrons. The topological polar surface area (TPSA) is 61.8 Å². The zero-order valence-electron chi connectivity index (χ0n) is 22.6. The second-order valence-electron chi connectivity index (χ2n) is 15.1. The van der Waals surface area contributed by atoms with Crippen LogP contribution in [0.3, 0.4) is 0 Å². The zero-order valence-corrected chi connectivity index (χ0v) is 22.6. The minimum Gasteiger partial charge on any atom is -0.459 e. The van der Waals surface area contributed by atoms with Crippen LogP contribution in [-0.4, -0.2) is 29.4 Å². The molecule has 3 spiro atoms. The summed E-state index contributed by atoms with van der Waals surface area (Å²) < 4.78 is 18.9. The SMILES string of the molecule is C[C@@H]1C[C@]2(C[C@@H](C)[C@H]3[C@@H](C[C@@]4(C)[C@@H]5CC[C@H]6C(C)(C)OC(=O)CC[C@@]67C[C@@]57CC[C@]34C)O2)OC1=O. The maximum absolute atomic E-state index is 12.6. The first-order valence-electron chi connectivity index (χ1n) is 14.4. The van der Waals surface area contributed by atoms with Crippen LogP contribution in [0.4, 0.5) is 0 Å². The lowest BCUT2D eigenvalue weighted by Crippen LogP contribution is -2.56. The third-order valence-electron chi connectivity index (χ3n) is 13.4. The largest absolute Gasteiger partial charge is 0.459 e. The summed E-state index contributed by atoms with van der Waals surface area (Å²) in [5.74, 6) is 1.31. The lowest BCUT2D eigenvalue weighted by atomic mass is 9.43. The molecule has 7 aliphatic rings. The van der Waals surface area contributed by atoms with Crippen LogP contribution in [0.15, 0.2) is 0 Å². The van der Waals surface area contributed by atoms with Crippen LogP contribution >= 0.6 is 0 Å². The Morgan fingerprint density at radius 2 is 1.51 bits per heavy atom. The zero-order chi connectivity index (χ0) is 24.8. The summed E-state index contributed by atoms with van der Waals surface area (Å²) in [5, 5.41) is 0. The summed E-state index contributed by atoms with van der Waals surface area (Å²) in [4.78, 5) is 24.9. The van der Waals surface area contributed by atoms with Crippen LogP contribution in [-0.2, 0) is 23.8 Å². The van der Waals surface area contributed by atoms with Gasteiger partial charge in [-0.2, -0.15) is 0 Å². The Bertz CT molecular complexity index is 1000. The first-order chi connectivity index (χ1) is 16.3. The fourth-order valence-corrected chi connectivity index (χ4v) is 12.2. The molecule has 7 fully saturated rings. The highest BCUT2D eigenvalue weighted by atomic mass is 16.7. The van der Waals surface area contributed by atoms with E-state index in [0.29, 0.717) is 41.9 Å². The second-order valence-corrected chi connectivity index (χ2v) is 15.1. The van der Waals surface area contributed by atoms with Crippen molar-refractivity contribution >= 4 is 11.9 Å². The van der Waals surface area contributed by atoms with Crippen LogP contribution in [0.25, 0.3) is 0 Å². The number of carbonyl (C=O) groups is 2. The fraction of sp³-hybridized carbons (Fsp3) is 0.933. The molecule has 5 heteroatoms. The van der Waals surface area contributed by atoms with E-state index in [1.807, 2.05) is 6.92 Å². The number of esters is 2. The molecule has 3 saturated heterocycles. The van der Waals surface area contributed by atoms with Gasteiger partial charge in [0.05, 0.1) is 12.0 Å². The van der Waals surface area contributed by atoms with E-state index in [2.05, 4.69) is 34.6 Å². The number of rotatable bonds is 0. The standard InChI is InChI=1S/C30H44O5/c1-17-13-30(14-18(2)24(32)35-30)33-19-15-27(6)21-8-7-20-25(3,4)34-22(31)9-10-28(20)16-29(21,28)12-11-26(27,5)23(17)19/h17-21,23H,7-16H2,1-6H3/t17-,18-,19-,20+,21+,23+,26-,27+,28-,29+,30+/m1/s1. The highest BCUT2D eigenvalue weighted by Gasteiger charge is 2.83. The van der Waals surface area contributed by atoms with Crippen molar-refractivity contribution in [1.29, 1.82) is 0 Å². The van der Waals surface area contributed by atoms with Gasteiger partial charge >= 0.3 is 11.9 Å². The van der Waals surface area contributed by atoms with E-state index in [-0.39, 0.29) is 45.8 Å². The van der Waals surface area contributed by atoms with Gasteiger partial charge in [0.25, 0.3) is 0 Å². The van der Waals surface area contributed by atoms with Gasteiger partial charge < -0.3 is 14.2 Å². The van der Waals surface area contributed by atoms with Gasteiger partial charge in [-0.15, -0.1) is 0 Å². The molecular formula is C30H44O5. The predicted molar refractivity (Wildman–Crippen MR) is 130 cm³/mol. The van der Waals surface area contributed by atoms with E-state index in [0.717, 1.165) is 19.3 Å². The van der Waals surface area contributed by atoms with Gasteiger partial charge in [-0.05, 0) is 98.2 Å². The normalized spacial score (nSPS) is 59.8. The molecular weight excluding hydrogens is 440 g/mol. The molecule has 0 aromatic rings. The van der Waals surface area contributed by atoms with Crippen LogP contribution in [0.5, 0.6) is 0 Å². The van der Waals surface area contributed by atoms with Gasteiger partial charge in [-0.1, -0.05) is 27.7 Å². The van der Waals surface area contributed by atoms with Gasteiger partial charge in [0.1, 0.15) is 5.60 Å². The minimum atomic E-state index is -0.698. The molecule has 0 bridgehead atoms. The lowest BCUT2D eigenvalue weighted by Gasteiger charge is -2.61. The Kier molecular flexibility index (Phi) is 4.26. The Hall–Kier alpha value is -1.10. The molecule has 5 nitrogen and oxygen atoms in total. The van der Waals surface area contributed by atoms with Gasteiger partial charge in [-0.25, -0.2) is 0 Å². The Morgan fingerprint density at radius 3 is 2.23 bits per heavy atom. The van der Waals surface area contributed by atoms with E-state index in [1.54, 1.807) is 0 Å². The van der Waals surface area contributed by atoms with Crippen LogP contribution in [0.1, 0.15) is 106 Å². The minimum absolute atomic E-state index is 0.00369. The van der Waals surface area contributed by atoms with Gasteiger partial charge in [0.2, 0.25) is 5.79 Å². The second kappa shape index (κ2) is 6.48. The molecule has 0 radical (unpaired) electrons. The first kappa shape index (κ1) is 23.0. The number of ether oxygens (including phenoxy) is 3. The van der Waals surface area contributed by atoms with Crippen LogP contribution < -0.4 is 0 Å². The molecule has 35 heavy (non-hydrogen) atoms. The van der Waals surface area contributed by atoms with Crippen molar-refractivity contribution in [1.82, 2.24) is 0 Å². The monoisotopic (exact) mass is 484 g/mol. The van der Waals surface area contributed by atoms with E-state index >= 15 is 0 Å². The van der Waals surface area contributed by atoms with Gasteiger partial charge in [-0.3, -0.25) is 9.59 Å². The molecule has 11 atom stereocenters. The van der Waals surface area contributed by atoms with Gasteiger partial charge in [0, 0.05) is 25.2 Å². The van der Waals surface area contributed by atoms with Gasteiger partial charge in [0.15, 0.2) is 0 Å². The van der Waals surface area contributed by atoms with E-state index in [4.69, 9.17) is 14.2 Å². The summed E-state index contributed by atoms with van der Waals surface area (Å²) >= 11 is 0. The summed E-state index contributed by atoms with van der Waals surface area (Å²) in [6, 6.07) is 0. The molecule has 3 heterocycles. The number of hydrogen-bond donors (Lipinski definition) is 0. The molecule has 0 unspecified atom stereocenters. The summed E-state index contributed by atoms with van der Waals surface area (Å²) in [5.41, 5.74) is 0.725. The van der Waals surface area contributed by atoms with E-state index in [9.17, 15) is 9.59 Å². The van der Waals surface area contributed by atoms with Crippen molar-refractivity contribution in [2.45, 2.75) is 123 Å². The highest BCUT2D eigenvalue weighted by molar-refractivity contribution is 5.74. The van der Waals surface area contributed by atoms with Crippen molar-refractivity contribution in [3.8, 4) is 0 Å². The molecule has 4 aliphatic carbocycles.